The number of aliphatic hydroxyl groups excluding tert-OH is 1. The van der Waals surface area contributed by atoms with Crippen LogP contribution in [0.5, 0.6) is 0 Å². The zero-order valence-corrected chi connectivity index (χ0v) is 10.7. The van der Waals surface area contributed by atoms with Crippen molar-refractivity contribution in [2.75, 3.05) is 12.8 Å². The van der Waals surface area contributed by atoms with E-state index in [4.69, 9.17) is 4.52 Å². The quantitative estimate of drug-likeness (QED) is 0.718. The lowest BCUT2D eigenvalue weighted by atomic mass is 10.3. The van der Waals surface area contributed by atoms with E-state index in [0.717, 1.165) is 25.7 Å². The van der Waals surface area contributed by atoms with Crippen molar-refractivity contribution >= 4 is 7.37 Å². The number of aliphatic hydroxyl groups is 1. The van der Waals surface area contributed by atoms with Gasteiger partial charge in [0.05, 0.1) is 12.7 Å². The molecule has 1 aliphatic carbocycles. The highest BCUT2D eigenvalue weighted by Gasteiger charge is 2.38. The van der Waals surface area contributed by atoms with E-state index in [-0.39, 0.29) is 11.8 Å². The maximum atomic E-state index is 12.6. The van der Waals surface area contributed by atoms with Crippen LogP contribution in [0.2, 0.25) is 0 Å². The summed E-state index contributed by atoms with van der Waals surface area (Å²) in [6, 6.07) is 0. The normalized spacial score (nSPS) is 30.3. The summed E-state index contributed by atoms with van der Waals surface area (Å²) in [6.45, 7) is 4.51. The summed E-state index contributed by atoms with van der Waals surface area (Å²) in [5, 5.41) is 9.48. The summed E-state index contributed by atoms with van der Waals surface area (Å²) < 4.78 is 18.1. The Morgan fingerprint density at radius 2 is 2.13 bits per heavy atom. The molecule has 1 saturated carbocycles. The SMILES string of the molecule is CCCCP(=O)(OCC)[C@@H]1CC[C@H](O)C1. The average molecular weight is 234 g/mol. The van der Waals surface area contributed by atoms with Gasteiger partial charge in [0.1, 0.15) is 0 Å². The van der Waals surface area contributed by atoms with Crippen molar-refractivity contribution in [1.82, 2.24) is 0 Å². The molecule has 1 rings (SSSR count). The lowest BCUT2D eigenvalue weighted by Gasteiger charge is -2.23. The van der Waals surface area contributed by atoms with Crippen molar-refractivity contribution in [3.05, 3.63) is 0 Å². The molecule has 0 aromatic rings. The van der Waals surface area contributed by atoms with Crippen LogP contribution in [0.15, 0.2) is 0 Å². The zero-order valence-electron chi connectivity index (χ0n) is 9.82. The lowest BCUT2D eigenvalue weighted by molar-refractivity contribution is 0.182. The summed E-state index contributed by atoms with van der Waals surface area (Å²) in [5.74, 6) is 0. The number of unbranched alkanes of at least 4 members (excludes halogenated alkanes) is 1. The summed E-state index contributed by atoms with van der Waals surface area (Å²) in [5.41, 5.74) is 0.110. The fourth-order valence-electron chi connectivity index (χ4n) is 2.24. The number of hydrogen-bond donors (Lipinski definition) is 1. The third-order valence-corrected chi connectivity index (χ3v) is 6.32. The number of hydrogen-bond acceptors (Lipinski definition) is 3. The predicted molar refractivity (Wildman–Crippen MR) is 62.7 cm³/mol. The van der Waals surface area contributed by atoms with Gasteiger partial charge in [-0.1, -0.05) is 13.3 Å². The van der Waals surface area contributed by atoms with E-state index in [1.807, 2.05) is 6.92 Å². The van der Waals surface area contributed by atoms with Gasteiger partial charge < -0.3 is 9.63 Å². The van der Waals surface area contributed by atoms with Gasteiger partial charge in [-0.15, -0.1) is 0 Å². The molecule has 0 aromatic heterocycles. The fourth-order valence-corrected chi connectivity index (χ4v) is 5.25. The van der Waals surface area contributed by atoms with Gasteiger partial charge in [-0.05, 0) is 32.6 Å². The van der Waals surface area contributed by atoms with Gasteiger partial charge in [0.15, 0.2) is 0 Å². The second-order valence-corrected chi connectivity index (χ2v) is 7.23. The van der Waals surface area contributed by atoms with Crippen LogP contribution in [0.1, 0.15) is 46.0 Å². The maximum Gasteiger partial charge on any atom is 0.206 e. The third-order valence-electron chi connectivity index (χ3n) is 3.10. The van der Waals surface area contributed by atoms with Crippen LogP contribution in [0, 0.1) is 0 Å². The molecule has 1 unspecified atom stereocenters. The Labute approximate surface area is 92.7 Å². The molecule has 15 heavy (non-hydrogen) atoms. The van der Waals surface area contributed by atoms with Crippen LogP contribution in [-0.2, 0) is 9.09 Å². The van der Waals surface area contributed by atoms with E-state index in [1.54, 1.807) is 0 Å². The summed E-state index contributed by atoms with van der Waals surface area (Å²) >= 11 is 0. The Morgan fingerprint density at radius 3 is 2.60 bits per heavy atom. The first-order chi connectivity index (χ1) is 7.12. The Bertz CT molecular complexity index is 230. The summed E-state index contributed by atoms with van der Waals surface area (Å²) in [6.07, 6.45) is 4.76. The predicted octanol–water partition coefficient (Wildman–Crippen LogP) is 3.01. The second kappa shape index (κ2) is 6.03. The molecule has 4 heteroatoms. The molecule has 3 atom stereocenters. The van der Waals surface area contributed by atoms with E-state index in [0.29, 0.717) is 19.2 Å². The monoisotopic (exact) mass is 234 g/mol. The Kier molecular flexibility index (Phi) is 5.31. The Morgan fingerprint density at radius 1 is 1.40 bits per heavy atom. The molecule has 1 fully saturated rings. The highest BCUT2D eigenvalue weighted by Crippen LogP contribution is 2.57. The van der Waals surface area contributed by atoms with Crippen LogP contribution in [-0.4, -0.2) is 29.6 Å². The third kappa shape index (κ3) is 3.58. The standard InChI is InChI=1S/C11H23O3P/c1-3-5-8-15(13,14-4-2)11-7-6-10(12)9-11/h10-12H,3-9H2,1-2H3/t10-,11+,15?/m0/s1. The molecule has 0 spiro atoms. The van der Waals surface area contributed by atoms with Crippen LogP contribution in [0.25, 0.3) is 0 Å². The molecule has 90 valence electrons. The first kappa shape index (κ1) is 13.2. The molecule has 0 amide bonds. The molecule has 1 aliphatic rings. The molecule has 0 heterocycles. The van der Waals surface area contributed by atoms with Gasteiger partial charge >= 0.3 is 0 Å². The zero-order chi connectivity index (χ0) is 11.3. The second-order valence-electron chi connectivity index (χ2n) is 4.34. The molecule has 1 N–H and O–H groups in total. The average Bonchev–Trinajstić information content (AvgIpc) is 2.63. The lowest BCUT2D eigenvalue weighted by Crippen LogP contribution is -2.11. The van der Waals surface area contributed by atoms with E-state index in [9.17, 15) is 9.67 Å². The van der Waals surface area contributed by atoms with Crippen molar-refractivity contribution in [3.8, 4) is 0 Å². The van der Waals surface area contributed by atoms with E-state index in [1.165, 1.54) is 0 Å². The van der Waals surface area contributed by atoms with E-state index >= 15 is 0 Å². The van der Waals surface area contributed by atoms with Crippen molar-refractivity contribution in [3.63, 3.8) is 0 Å². The largest absolute Gasteiger partial charge is 0.393 e. The fraction of sp³-hybridized carbons (Fsp3) is 1.00. The van der Waals surface area contributed by atoms with Crippen LogP contribution in [0.4, 0.5) is 0 Å². The summed E-state index contributed by atoms with van der Waals surface area (Å²) in [7, 11) is -2.48. The van der Waals surface area contributed by atoms with Crippen molar-refractivity contribution in [2.24, 2.45) is 0 Å². The minimum Gasteiger partial charge on any atom is -0.393 e. The first-order valence-corrected chi connectivity index (χ1v) is 7.91. The van der Waals surface area contributed by atoms with Gasteiger partial charge in [-0.2, -0.15) is 0 Å². The van der Waals surface area contributed by atoms with Gasteiger partial charge in [-0.3, -0.25) is 4.57 Å². The number of rotatable bonds is 6. The molecule has 3 nitrogen and oxygen atoms in total. The van der Waals surface area contributed by atoms with Crippen molar-refractivity contribution in [2.45, 2.75) is 57.7 Å². The first-order valence-electron chi connectivity index (χ1n) is 6.03. The highest BCUT2D eigenvalue weighted by molar-refractivity contribution is 7.59. The smallest absolute Gasteiger partial charge is 0.206 e. The topological polar surface area (TPSA) is 46.5 Å². The minimum absolute atomic E-state index is 0.110. The summed E-state index contributed by atoms with van der Waals surface area (Å²) in [4.78, 5) is 0. The highest BCUT2D eigenvalue weighted by atomic mass is 31.2. The van der Waals surface area contributed by atoms with E-state index in [2.05, 4.69) is 6.92 Å². The van der Waals surface area contributed by atoms with Gasteiger partial charge in [0.2, 0.25) is 7.37 Å². The molecule has 0 aliphatic heterocycles. The van der Waals surface area contributed by atoms with Gasteiger partial charge in [0.25, 0.3) is 0 Å². The van der Waals surface area contributed by atoms with Crippen LogP contribution < -0.4 is 0 Å². The van der Waals surface area contributed by atoms with Crippen molar-refractivity contribution in [1.29, 1.82) is 0 Å². The molecule has 0 aromatic carbocycles. The van der Waals surface area contributed by atoms with E-state index < -0.39 is 7.37 Å². The maximum absolute atomic E-state index is 12.6. The Hall–Kier alpha value is 0.150. The molecular formula is C11H23O3P. The van der Waals surface area contributed by atoms with Crippen LogP contribution in [0.3, 0.4) is 0 Å². The molecule has 0 bridgehead atoms. The van der Waals surface area contributed by atoms with Gasteiger partial charge in [0, 0.05) is 11.8 Å². The Balaban J connectivity index is 2.59. The molecule has 0 saturated heterocycles. The molecular weight excluding hydrogens is 211 g/mol. The molecule has 0 radical (unpaired) electrons. The van der Waals surface area contributed by atoms with Crippen LogP contribution >= 0.6 is 7.37 Å². The minimum atomic E-state index is -2.48. The van der Waals surface area contributed by atoms with Gasteiger partial charge in [-0.25, -0.2) is 0 Å². The van der Waals surface area contributed by atoms with Crippen molar-refractivity contribution < 1.29 is 14.2 Å².